The van der Waals surface area contributed by atoms with Crippen molar-refractivity contribution in [3.63, 3.8) is 0 Å². The molecule has 1 aromatic rings. The molecule has 1 heterocycles. The number of ether oxygens (including phenoxy) is 1. The number of carbonyl (C=O) groups is 1. The second-order valence-corrected chi connectivity index (χ2v) is 7.50. The summed E-state index contributed by atoms with van der Waals surface area (Å²) in [5.41, 5.74) is 2.30. The van der Waals surface area contributed by atoms with E-state index in [9.17, 15) is 4.79 Å². The van der Waals surface area contributed by atoms with E-state index in [1.807, 2.05) is 19.9 Å². The van der Waals surface area contributed by atoms with Crippen molar-refractivity contribution in [2.75, 3.05) is 26.2 Å². The highest BCUT2D eigenvalue weighted by Gasteiger charge is 2.17. The van der Waals surface area contributed by atoms with Crippen molar-refractivity contribution < 1.29 is 9.53 Å². The van der Waals surface area contributed by atoms with Crippen LogP contribution in [0, 0.1) is 6.92 Å². The molecule has 4 nitrogen and oxygen atoms in total. The summed E-state index contributed by atoms with van der Waals surface area (Å²) in [7, 11) is 0. The van der Waals surface area contributed by atoms with Gasteiger partial charge in [0.2, 0.25) is 0 Å². The first kappa shape index (κ1) is 19.8. The molecule has 0 radical (unpaired) electrons. The molecule has 25 heavy (non-hydrogen) atoms. The number of nitrogens with zero attached hydrogens (tertiary/aromatic N) is 1. The van der Waals surface area contributed by atoms with Crippen molar-refractivity contribution in [1.82, 2.24) is 10.2 Å². The average Bonchev–Trinajstić information content (AvgIpc) is 2.59. The number of likely N-dealkylation sites (tertiary alicyclic amines) is 1. The molecule has 2 rings (SSSR count). The van der Waals surface area contributed by atoms with E-state index in [1.165, 1.54) is 32.4 Å². The van der Waals surface area contributed by atoms with Crippen molar-refractivity contribution >= 4 is 5.91 Å². The molecule has 0 aromatic heterocycles. The molecule has 0 spiro atoms. The molecule has 1 saturated heterocycles. The van der Waals surface area contributed by atoms with Crippen LogP contribution < -0.4 is 10.1 Å². The maximum Gasteiger partial charge on any atom is 0.260 e. The van der Waals surface area contributed by atoms with Gasteiger partial charge in [-0.15, -0.1) is 0 Å². The standard InChI is InChI=1S/C21H34N2O2/c1-16(2)19-10-9-17(3)15-20(19)25-18(4)21(24)22-11-8-14-23-12-6-5-7-13-23/h9-10,15-16,18H,5-8,11-14H2,1-4H3,(H,22,24)/t18-/m1/s1. The van der Waals surface area contributed by atoms with Crippen molar-refractivity contribution in [1.29, 1.82) is 0 Å². The molecule has 1 aliphatic heterocycles. The maximum absolute atomic E-state index is 12.3. The van der Waals surface area contributed by atoms with Crippen LogP contribution in [0.1, 0.15) is 63.5 Å². The van der Waals surface area contributed by atoms with E-state index in [-0.39, 0.29) is 5.91 Å². The third-order valence-corrected chi connectivity index (χ3v) is 4.86. The summed E-state index contributed by atoms with van der Waals surface area (Å²) in [6.45, 7) is 12.4. The summed E-state index contributed by atoms with van der Waals surface area (Å²) < 4.78 is 5.97. The molecular formula is C21H34N2O2. The van der Waals surface area contributed by atoms with Crippen LogP contribution in [0.4, 0.5) is 0 Å². The lowest BCUT2D eigenvalue weighted by Gasteiger charge is -2.26. The molecule has 1 aliphatic rings. The molecule has 0 unspecified atom stereocenters. The van der Waals surface area contributed by atoms with Gasteiger partial charge in [-0.1, -0.05) is 32.4 Å². The zero-order valence-corrected chi connectivity index (χ0v) is 16.3. The fourth-order valence-corrected chi connectivity index (χ4v) is 3.31. The normalized spacial score (nSPS) is 16.7. The van der Waals surface area contributed by atoms with Crippen LogP contribution in [0.3, 0.4) is 0 Å². The van der Waals surface area contributed by atoms with Gasteiger partial charge in [-0.2, -0.15) is 0 Å². The predicted molar refractivity (Wildman–Crippen MR) is 103 cm³/mol. The lowest BCUT2D eigenvalue weighted by molar-refractivity contribution is -0.127. The van der Waals surface area contributed by atoms with Crippen LogP contribution in [0.15, 0.2) is 18.2 Å². The predicted octanol–water partition coefficient (Wildman–Crippen LogP) is 3.88. The molecule has 0 aliphatic carbocycles. The summed E-state index contributed by atoms with van der Waals surface area (Å²) in [6.07, 6.45) is 4.51. The van der Waals surface area contributed by atoms with Crippen LogP contribution in [0.5, 0.6) is 5.75 Å². The number of aryl methyl sites for hydroxylation is 1. The Kier molecular flexibility index (Phi) is 7.76. The van der Waals surface area contributed by atoms with E-state index in [1.54, 1.807) is 0 Å². The lowest BCUT2D eigenvalue weighted by Crippen LogP contribution is -2.38. The molecule has 1 N–H and O–H groups in total. The van der Waals surface area contributed by atoms with E-state index in [0.29, 0.717) is 12.5 Å². The van der Waals surface area contributed by atoms with Gasteiger partial charge in [0.15, 0.2) is 6.10 Å². The highest BCUT2D eigenvalue weighted by molar-refractivity contribution is 5.80. The molecular weight excluding hydrogens is 312 g/mol. The minimum atomic E-state index is -0.478. The molecule has 1 atom stereocenters. The number of benzene rings is 1. The minimum Gasteiger partial charge on any atom is -0.481 e. The molecule has 1 amide bonds. The van der Waals surface area contributed by atoms with Gasteiger partial charge < -0.3 is 15.0 Å². The molecule has 4 heteroatoms. The first-order valence-corrected chi connectivity index (χ1v) is 9.74. The van der Waals surface area contributed by atoms with Gasteiger partial charge in [0, 0.05) is 6.54 Å². The van der Waals surface area contributed by atoms with Gasteiger partial charge in [0.25, 0.3) is 5.91 Å². The Bertz CT molecular complexity index is 551. The maximum atomic E-state index is 12.3. The Morgan fingerprint density at radius 1 is 1.20 bits per heavy atom. The van der Waals surface area contributed by atoms with Gasteiger partial charge >= 0.3 is 0 Å². The number of hydrogen-bond donors (Lipinski definition) is 1. The van der Waals surface area contributed by atoms with E-state index in [0.717, 1.165) is 29.8 Å². The van der Waals surface area contributed by atoms with Crippen LogP contribution in [0.25, 0.3) is 0 Å². The zero-order valence-electron chi connectivity index (χ0n) is 16.3. The summed E-state index contributed by atoms with van der Waals surface area (Å²) in [6, 6.07) is 6.21. The van der Waals surface area contributed by atoms with Gasteiger partial charge in [0.05, 0.1) is 0 Å². The van der Waals surface area contributed by atoms with E-state index in [2.05, 4.69) is 36.2 Å². The largest absolute Gasteiger partial charge is 0.481 e. The summed E-state index contributed by atoms with van der Waals surface area (Å²) in [5.74, 6) is 1.16. The second kappa shape index (κ2) is 9.81. The number of piperidine rings is 1. The number of hydrogen-bond acceptors (Lipinski definition) is 3. The SMILES string of the molecule is Cc1ccc(C(C)C)c(O[C@H](C)C(=O)NCCCN2CCCCC2)c1. The van der Waals surface area contributed by atoms with Crippen LogP contribution in [-0.4, -0.2) is 43.1 Å². The molecule has 1 aromatic carbocycles. The van der Waals surface area contributed by atoms with Crippen molar-refractivity contribution in [2.45, 2.75) is 65.4 Å². The third kappa shape index (κ3) is 6.35. The molecule has 140 valence electrons. The zero-order chi connectivity index (χ0) is 18.2. The van der Waals surface area contributed by atoms with Gasteiger partial charge in [-0.25, -0.2) is 0 Å². The Morgan fingerprint density at radius 2 is 1.92 bits per heavy atom. The fraction of sp³-hybridized carbons (Fsp3) is 0.667. The first-order valence-electron chi connectivity index (χ1n) is 9.74. The Labute approximate surface area is 152 Å². The van der Waals surface area contributed by atoms with Crippen LogP contribution >= 0.6 is 0 Å². The number of carbonyl (C=O) groups excluding carboxylic acids is 1. The monoisotopic (exact) mass is 346 g/mol. The molecule has 1 fully saturated rings. The quantitative estimate of drug-likeness (QED) is 0.726. The van der Waals surface area contributed by atoms with Gasteiger partial charge in [-0.05, 0) is 75.9 Å². The summed E-state index contributed by atoms with van der Waals surface area (Å²) >= 11 is 0. The first-order chi connectivity index (χ1) is 12.0. The minimum absolute atomic E-state index is 0.0325. The molecule has 0 saturated carbocycles. The number of nitrogens with one attached hydrogen (secondary N) is 1. The van der Waals surface area contributed by atoms with E-state index < -0.39 is 6.10 Å². The van der Waals surface area contributed by atoms with Crippen molar-refractivity contribution in [3.05, 3.63) is 29.3 Å². The lowest BCUT2D eigenvalue weighted by atomic mass is 10.0. The Morgan fingerprint density at radius 3 is 2.60 bits per heavy atom. The molecule has 0 bridgehead atoms. The van der Waals surface area contributed by atoms with Crippen LogP contribution in [0.2, 0.25) is 0 Å². The number of rotatable bonds is 8. The Balaban J connectivity index is 1.77. The van der Waals surface area contributed by atoms with Crippen molar-refractivity contribution in [3.8, 4) is 5.75 Å². The van der Waals surface area contributed by atoms with E-state index >= 15 is 0 Å². The smallest absolute Gasteiger partial charge is 0.260 e. The van der Waals surface area contributed by atoms with E-state index in [4.69, 9.17) is 4.74 Å². The van der Waals surface area contributed by atoms with Crippen molar-refractivity contribution in [2.24, 2.45) is 0 Å². The van der Waals surface area contributed by atoms with Gasteiger partial charge in [-0.3, -0.25) is 4.79 Å². The average molecular weight is 347 g/mol. The van der Waals surface area contributed by atoms with Crippen LogP contribution in [-0.2, 0) is 4.79 Å². The van der Waals surface area contributed by atoms with Gasteiger partial charge in [0.1, 0.15) is 5.75 Å². The highest BCUT2D eigenvalue weighted by atomic mass is 16.5. The summed E-state index contributed by atoms with van der Waals surface area (Å²) in [5, 5.41) is 3.01. The topological polar surface area (TPSA) is 41.6 Å². The number of amides is 1. The second-order valence-electron chi connectivity index (χ2n) is 7.50. The third-order valence-electron chi connectivity index (χ3n) is 4.86. The fourth-order valence-electron chi connectivity index (χ4n) is 3.31. The highest BCUT2D eigenvalue weighted by Crippen LogP contribution is 2.28. The Hall–Kier alpha value is -1.55. The summed E-state index contributed by atoms with van der Waals surface area (Å²) in [4.78, 5) is 14.8.